The van der Waals surface area contributed by atoms with E-state index in [1.54, 1.807) is 6.08 Å². The molecule has 0 aromatic rings. The van der Waals surface area contributed by atoms with Gasteiger partial charge in [-0.2, -0.15) is 0 Å². The first kappa shape index (κ1) is 16.0. The first-order chi connectivity index (χ1) is 2.91. The third-order valence-corrected chi connectivity index (χ3v) is 0.724. The zero-order valence-corrected chi connectivity index (χ0v) is 10.5. The van der Waals surface area contributed by atoms with E-state index in [2.05, 4.69) is 6.92 Å². The molecule has 2 heteroatoms. The van der Waals surface area contributed by atoms with Crippen molar-refractivity contribution in [3.05, 3.63) is 12.7 Å². The largest absolute Gasteiger partial charge is 1.00 e. The zero-order chi connectivity index (χ0) is 4.83. The molecule has 0 aromatic carbocycles. The average molecular weight is 275 g/mol. The molecule has 1 radical (unpaired) electrons. The van der Waals surface area contributed by atoms with E-state index in [0.29, 0.717) is 0 Å². The zero-order valence-electron chi connectivity index (χ0n) is 5.36. The van der Waals surface area contributed by atoms with Crippen LogP contribution in [-0.4, -0.2) is 0 Å². The monoisotopic (exact) mass is 274 g/mol. The summed E-state index contributed by atoms with van der Waals surface area (Å²) in [5.74, 6) is 0. The van der Waals surface area contributed by atoms with Gasteiger partial charge >= 0.3 is 0 Å². The van der Waals surface area contributed by atoms with Gasteiger partial charge < -0.3 is 24.0 Å². The summed E-state index contributed by atoms with van der Waals surface area (Å²) in [5.41, 5.74) is 0. The Balaban J connectivity index is -0.000000125. The molecular weight excluding hydrogens is 264 g/mol. The van der Waals surface area contributed by atoms with E-state index in [0.717, 1.165) is 6.42 Å². The third-order valence-electron chi connectivity index (χ3n) is 0.724. The maximum Gasteiger partial charge on any atom is 0 e. The number of hydrogen-bond donors (Lipinski definition) is 0. The van der Waals surface area contributed by atoms with Crippen LogP contribution >= 0.6 is 0 Å². The van der Waals surface area contributed by atoms with Crippen LogP contribution in [0.4, 0.5) is 0 Å². The van der Waals surface area contributed by atoms with Gasteiger partial charge in [-0.05, 0) is 6.42 Å². The summed E-state index contributed by atoms with van der Waals surface area (Å²) >= 11 is 0. The summed E-state index contributed by atoms with van der Waals surface area (Å²) in [4.78, 5) is 0. The maximum absolute atomic E-state index is 5.09. The molecule has 0 fully saturated rings. The van der Waals surface area contributed by atoms with Gasteiger partial charge in [-0.1, -0.05) is 32.4 Å². The predicted molar refractivity (Wildman–Crippen MR) is 28.4 cm³/mol. The molecule has 0 rings (SSSR count). The molecule has 45 valence electrons. The fourth-order valence-electron chi connectivity index (χ4n) is 0.322. The predicted octanol–water partition coefficient (Wildman–Crippen LogP) is -0.833. The van der Waals surface area contributed by atoms with Gasteiger partial charge in [0, 0.05) is 19.5 Å². The SMILES string of the molecule is [CH]=CCCCC.[I-].[Zn]. The topological polar surface area (TPSA) is 0 Å². The van der Waals surface area contributed by atoms with Gasteiger partial charge in [0.05, 0.1) is 0 Å². The van der Waals surface area contributed by atoms with Crippen LogP contribution in [0.15, 0.2) is 6.08 Å². The van der Waals surface area contributed by atoms with Gasteiger partial charge in [0.15, 0.2) is 0 Å². The summed E-state index contributed by atoms with van der Waals surface area (Å²) < 4.78 is 0. The standard InChI is InChI=1S/C6H11.HI.Zn/c1-3-5-6-4-2;;/h1,3H,4-6H2,2H3;1H;/p-1. The summed E-state index contributed by atoms with van der Waals surface area (Å²) in [6.45, 7) is 7.25. The number of unbranched alkanes of at least 4 members (excludes halogenated alkanes) is 2. The first-order valence-corrected chi connectivity index (χ1v) is 2.45. The Labute approximate surface area is 81.9 Å². The second-order valence-electron chi connectivity index (χ2n) is 1.38. The molecule has 0 aliphatic carbocycles. The van der Waals surface area contributed by atoms with Crippen molar-refractivity contribution in [1.29, 1.82) is 0 Å². The van der Waals surface area contributed by atoms with Crippen molar-refractivity contribution in [2.24, 2.45) is 0 Å². The molecule has 0 saturated heterocycles. The van der Waals surface area contributed by atoms with Crippen molar-refractivity contribution in [3.8, 4) is 0 Å². The number of halogens is 1. The Kier molecular flexibility index (Phi) is 31.5. The summed E-state index contributed by atoms with van der Waals surface area (Å²) in [6, 6.07) is 0. The van der Waals surface area contributed by atoms with Crippen LogP contribution < -0.4 is 24.0 Å². The summed E-state index contributed by atoms with van der Waals surface area (Å²) in [6.07, 6.45) is 5.25. The molecule has 0 nitrogen and oxygen atoms in total. The van der Waals surface area contributed by atoms with Crippen LogP contribution in [0.3, 0.4) is 0 Å². The van der Waals surface area contributed by atoms with Crippen molar-refractivity contribution < 1.29 is 43.5 Å². The van der Waals surface area contributed by atoms with Crippen LogP contribution in [0.1, 0.15) is 26.2 Å². The van der Waals surface area contributed by atoms with Crippen LogP contribution in [0.5, 0.6) is 0 Å². The summed E-state index contributed by atoms with van der Waals surface area (Å²) in [5, 5.41) is 0. The summed E-state index contributed by atoms with van der Waals surface area (Å²) in [7, 11) is 0. The number of rotatable bonds is 3. The van der Waals surface area contributed by atoms with Gasteiger partial charge in [-0.15, -0.1) is 0 Å². The van der Waals surface area contributed by atoms with E-state index in [9.17, 15) is 0 Å². The molecule has 0 bridgehead atoms. The third kappa shape index (κ3) is 15.7. The first-order valence-electron chi connectivity index (χ1n) is 2.45. The van der Waals surface area contributed by atoms with Crippen molar-refractivity contribution in [2.45, 2.75) is 26.2 Å². The number of allylic oxidation sites excluding steroid dienone is 1. The molecule has 0 unspecified atom stereocenters. The van der Waals surface area contributed by atoms with Gasteiger partial charge in [0.25, 0.3) is 0 Å². The minimum atomic E-state index is 0. The molecular formula is C6H11IZn-. The normalized spacial score (nSPS) is 6.12. The molecule has 0 amide bonds. The van der Waals surface area contributed by atoms with Crippen molar-refractivity contribution in [3.63, 3.8) is 0 Å². The Bertz CT molecular complexity index is 37.5. The van der Waals surface area contributed by atoms with Gasteiger partial charge in [0.2, 0.25) is 0 Å². The molecule has 0 spiro atoms. The van der Waals surface area contributed by atoms with E-state index < -0.39 is 0 Å². The average Bonchev–Trinajstić information content (AvgIpc) is 1.61. The van der Waals surface area contributed by atoms with Crippen LogP contribution in [-0.2, 0) is 19.5 Å². The minimum Gasteiger partial charge on any atom is -1.00 e. The molecule has 8 heavy (non-hydrogen) atoms. The van der Waals surface area contributed by atoms with Crippen molar-refractivity contribution >= 4 is 0 Å². The van der Waals surface area contributed by atoms with E-state index >= 15 is 0 Å². The molecule has 0 aliphatic rings. The Morgan fingerprint density at radius 3 is 2.12 bits per heavy atom. The van der Waals surface area contributed by atoms with Crippen molar-refractivity contribution in [1.82, 2.24) is 0 Å². The fraction of sp³-hybridized carbons (Fsp3) is 0.667. The van der Waals surface area contributed by atoms with Crippen LogP contribution in [0.25, 0.3) is 0 Å². The fourth-order valence-corrected chi connectivity index (χ4v) is 0.322. The maximum atomic E-state index is 5.09. The second-order valence-corrected chi connectivity index (χ2v) is 1.38. The van der Waals surface area contributed by atoms with E-state index in [-0.39, 0.29) is 43.5 Å². The Morgan fingerprint density at radius 2 is 2.00 bits per heavy atom. The second kappa shape index (κ2) is 15.7. The van der Waals surface area contributed by atoms with Crippen LogP contribution in [0, 0.1) is 6.58 Å². The number of hydrogen-bond acceptors (Lipinski definition) is 0. The van der Waals surface area contributed by atoms with Gasteiger partial charge in [-0.3, -0.25) is 0 Å². The molecule has 0 N–H and O–H groups in total. The minimum absolute atomic E-state index is 0. The molecule has 0 aromatic heterocycles. The molecule has 0 atom stereocenters. The molecule has 0 saturated carbocycles. The van der Waals surface area contributed by atoms with E-state index in [4.69, 9.17) is 6.58 Å². The van der Waals surface area contributed by atoms with E-state index in [1.807, 2.05) is 0 Å². The van der Waals surface area contributed by atoms with Gasteiger partial charge in [0.1, 0.15) is 0 Å². The Morgan fingerprint density at radius 1 is 1.50 bits per heavy atom. The van der Waals surface area contributed by atoms with E-state index in [1.165, 1.54) is 12.8 Å². The smallest absolute Gasteiger partial charge is 0 e. The van der Waals surface area contributed by atoms with Gasteiger partial charge in [-0.25, -0.2) is 0 Å². The molecule has 0 heterocycles. The Hall–Kier alpha value is 1.09. The quantitative estimate of drug-likeness (QED) is 0.358. The van der Waals surface area contributed by atoms with Crippen molar-refractivity contribution in [2.75, 3.05) is 0 Å². The van der Waals surface area contributed by atoms with Crippen LogP contribution in [0.2, 0.25) is 0 Å². The molecule has 0 aliphatic heterocycles.